The topological polar surface area (TPSA) is 15.3 Å². The van der Waals surface area contributed by atoms with Gasteiger partial charge in [0.1, 0.15) is 0 Å². The average molecular weight is 286 g/mol. The molecule has 20 heavy (non-hydrogen) atoms. The van der Waals surface area contributed by atoms with Gasteiger partial charge < -0.3 is 5.32 Å². The highest BCUT2D eigenvalue weighted by Gasteiger charge is 2.29. The van der Waals surface area contributed by atoms with Gasteiger partial charge in [0.05, 0.1) is 0 Å². The molecule has 0 amide bonds. The molecule has 1 unspecified atom stereocenters. The molecule has 1 aliphatic rings. The van der Waals surface area contributed by atoms with Crippen molar-refractivity contribution in [3.8, 4) is 0 Å². The zero-order valence-electron chi connectivity index (χ0n) is 11.7. The Balaban J connectivity index is 1.99. The third kappa shape index (κ3) is 4.21. The van der Waals surface area contributed by atoms with Crippen molar-refractivity contribution in [1.29, 1.82) is 0 Å². The van der Waals surface area contributed by atoms with Crippen molar-refractivity contribution in [2.45, 2.75) is 38.0 Å². The summed E-state index contributed by atoms with van der Waals surface area (Å²) in [6.45, 7) is 2.06. The minimum Gasteiger partial charge on any atom is -0.318 e. The summed E-state index contributed by atoms with van der Waals surface area (Å²) in [5.41, 5.74) is 2.56. The minimum atomic E-state index is -4.05. The minimum absolute atomic E-state index is 0.173. The molecule has 5 heteroatoms. The van der Waals surface area contributed by atoms with E-state index in [1.54, 1.807) is 0 Å². The quantitative estimate of drug-likeness (QED) is 0.895. The van der Waals surface area contributed by atoms with Crippen molar-refractivity contribution in [2.24, 2.45) is 0 Å². The molecule has 1 aromatic carbocycles. The number of rotatable bonds is 5. The summed E-state index contributed by atoms with van der Waals surface area (Å²) < 4.78 is 36.8. The van der Waals surface area contributed by atoms with Crippen LogP contribution in [0.2, 0.25) is 0 Å². The number of likely N-dealkylation sites (N-methyl/N-ethyl adjacent to an activating group) is 1. The van der Waals surface area contributed by atoms with Crippen LogP contribution in [0.4, 0.5) is 13.2 Å². The van der Waals surface area contributed by atoms with Crippen LogP contribution in [0, 0.1) is 0 Å². The second kappa shape index (κ2) is 6.59. The fourth-order valence-electron chi connectivity index (χ4n) is 2.82. The molecule has 1 heterocycles. The molecule has 1 N–H and O–H groups in total. The molecule has 0 saturated carbocycles. The Morgan fingerprint density at radius 3 is 2.60 bits per heavy atom. The molecule has 2 nitrogen and oxygen atoms in total. The SMILES string of the molecule is CNCC1Cc2ccccc2CN1CCCC(F)(F)F. The molecule has 112 valence electrons. The van der Waals surface area contributed by atoms with Crippen LogP contribution in [0.3, 0.4) is 0 Å². The fourth-order valence-corrected chi connectivity index (χ4v) is 2.82. The molecule has 2 rings (SSSR count). The Hall–Kier alpha value is -1.07. The van der Waals surface area contributed by atoms with E-state index in [0.717, 1.165) is 19.5 Å². The molecule has 0 aromatic heterocycles. The number of fused-ring (bicyclic) bond motifs is 1. The summed E-state index contributed by atoms with van der Waals surface area (Å²) in [5.74, 6) is 0. The number of nitrogens with zero attached hydrogens (tertiary/aromatic N) is 1. The van der Waals surface area contributed by atoms with E-state index >= 15 is 0 Å². The summed E-state index contributed by atoms with van der Waals surface area (Å²) in [4.78, 5) is 2.17. The van der Waals surface area contributed by atoms with Gasteiger partial charge in [0.2, 0.25) is 0 Å². The van der Waals surface area contributed by atoms with Gasteiger partial charge in [-0.05, 0) is 37.6 Å². The first-order valence-electron chi connectivity index (χ1n) is 7.02. The molecule has 0 saturated heterocycles. The van der Waals surface area contributed by atoms with E-state index in [4.69, 9.17) is 0 Å². The van der Waals surface area contributed by atoms with Crippen molar-refractivity contribution >= 4 is 0 Å². The Labute approximate surface area is 118 Å². The highest BCUT2D eigenvalue weighted by atomic mass is 19.4. The molecule has 0 aliphatic carbocycles. The Morgan fingerprint density at radius 1 is 1.25 bits per heavy atom. The predicted octanol–water partition coefficient (Wildman–Crippen LogP) is 2.98. The predicted molar refractivity (Wildman–Crippen MR) is 73.6 cm³/mol. The van der Waals surface area contributed by atoms with E-state index in [0.29, 0.717) is 6.54 Å². The van der Waals surface area contributed by atoms with E-state index in [1.807, 2.05) is 19.2 Å². The second-order valence-electron chi connectivity index (χ2n) is 5.37. The summed E-state index contributed by atoms with van der Waals surface area (Å²) in [6.07, 6.45) is -3.67. The molecule has 1 aliphatic heterocycles. The third-order valence-corrected chi connectivity index (χ3v) is 3.81. The van der Waals surface area contributed by atoms with E-state index in [-0.39, 0.29) is 12.5 Å². The van der Waals surface area contributed by atoms with Crippen LogP contribution in [0.25, 0.3) is 0 Å². The lowest BCUT2D eigenvalue weighted by atomic mass is 9.93. The highest BCUT2D eigenvalue weighted by Crippen LogP contribution is 2.25. The Morgan fingerprint density at radius 2 is 1.95 bits per heavy atom. The van der Waals surface area contributed by atoms with E-state index in [2.05, 4.69) is 22.3 Å². The van der Waals surface area contributed by atoms with Crippen LogP contribution in [0.1, 0.15) is 24.0 Å². The van der Waals surface area contributed by atoms with Crippen molar-refractivity contribution < 1.29 is 13.2 Å². The van der Waals surface area contributed by atoms with Gasteiger partial charge in [-0.15, -0.1) is 0 Å². The number of benzene rings is 1. The van der Waals surface area contributed by atoms with Gasteiger partial charge >= 0.3 is 6.18 Å². The lowest BCUT2D eigenvalue weighted by Gasteiger charge is -2.37. The molecular formula is C15H21F3N2. The van der Waals surface area contributed by atoms with Gasteiger partial charge in [-0.25, -0.2) is 0 Å². The van der Waals surface area contributed by atoms with Crippen molar-refractivity contribution in [2.75, 3.05) is 20.1 Å². The summed E-state index contributed by atoms with van der Waals surface area (Å²) in [6, 6.07) is 8.48. The normalized spacial score (nSPS) is 19.9. The van der Waals surface area contributed by atoms with Crippen molar-refractivity contribution in [3.63, 3.8) is 0 Å². The molecule has 0 fully saturated rings. The van der Waals surface area contributed by atoms with Crippen LogP contribution >= 0.6 is 0 Å². The third-order valence-electron chi connectivity index (χ3n) is 3.81. The second-order valence-corrected chi connectivity index (χ2v) is 5.37. The van der Waals surface area contributed by atoms with Gasteiger partial charge in [0.25, 0.3) is 0 Å². The highest BCUT2D eigenvalue weighted by molar-refractivity contribution is 5.30. The molecular weight excluding hydrogens is 265 g/mol. The zero-order valence-corrected chi connectivity index (χ0v) is 11.7. The first kappa shape index (κ1) is 15.3. The maximum atomic E-state index is 12.3. The van der Waals surface area contributed by atoms with Crippen LogP contribution in [0.15, 0.2) is 24.3 Å². The average Bonchev–Trinajstić information content (AvgIpc) is 2.38. The van der Waals surface area contributed by atoms with Gasteiger partial charge in [-0.1, -0.05) is 24.3 Å². The Kier molecular flexibility index (Phi) is 5.05. The van der Waals surface area contributed by atoms with Crippen LogP contribution in [0.5, 0.6) is 0 Å². The largest absolute Gasteiger partial charge is 0.389 e. The lowest BCUT2D eigenvalue weighted by Crippen LogP contribution is -2.46. The van der Waals surface area contributed by atoms with E-state index < -0.39 is 12.6 Å². The molecule has 1 aromatic rings. The first-order chi connectivity index (χ1) is 9.49. The zero-order chi connectivity index (χ0) is 14.6. The number of nitrogens with one attached hydrogen (secondary N) is 1. The van der Waals surface area contributed by atoms with E-state index in [9.17, 15) is 13.2 Å². The smallest absolute Gasteiger partial charge is 0.318 e. The van der Waals surface area contributed by atoms with Crippen molar-refractivity contribution in [1.82, 2.24) is 10.2 Å². The first-order valence-corrected chi connectivity index (χ1v) is 7.02. The number of hydrogen-bond donors (Lipinski definition) is 1. The van der Waals surface area contributed by atoms with Gasteiger partial charge in [0.15, 0.2) is 0 Å². The maximum Gasteiger partial charge on any atom is 0.389 e. The molecule has 1 atom stereocenters. The van der Waals surface area contributed by atoms with Gasteiger partial charge in [-0.2, -0.15) is 13.2 Å². The molecule has 0 bridgehead atoms. The van der Waals surface area contributed by atoms with E-state index in [1.165, 1.54) is 11.1 Å². The van der Waals surface area contributed by atoms with Crippen LogP contribution in [-0.4, -0.2) is 37.3 Å². The van der Waals surface area contributed by atoms with Gasteiger partial charge in [0, 0.05) is 25.6 Å². The standard InChI is InChI=1S/C15H21F3N2/c1-19-10-14-9-12-5-2-3-6-13(12)11-20(14)8-4-7-15(16,17)18/h2-3,5-6,14,19H,4,7-11H2,1H3. The molecule has 0 radical (unpaired) electrons. The van der Waals surface area contributed by atoms with Crippen molar-refractivity contribution in [3.05, 3.63) is 35.4 Å². The number of alkyl halides is 3. The summed E-state index contributed by atoms with van der Waals surface area (Å²) in [5, 5.41) is 3.14. The number of hydrogen-bond acceptors (Lipinski definition) is 2. The fraction of sp³-hybridized carbons (Fsp3) is 0.600. The maximum absolute atomic E-state index is 12.3. The number of halogens is 3. The summed E-state index contributed by atoms with van der Waals surface area (Å²) in [7, 11) is 1.88. The van der Waals surface area contributed by atoms with Gasteiger partial charge in [-0.3, -0.25) is 4.90 Å². The molecule has 0 spiro atoms. The summed E-state index contributed by atoms with van der Waals surface area (Å²) >= 11 is 0. The van der Waals surface area contributed by atoms with Crippen LogP contribution < -0.4 is 5.32 Å². The monoisotopic (exact) mass is 286 g/mol. The lowest BCUT2D eigenvalue weighted by molar-refractivity contribution is -0.136. The Bertz CT molecular complexity index is 431. The van der Waals surface area contributed by atoms with Crippen LogP contribution in [-0.2, 0) is 13.0 Å².